The summed E-state index contributed by atoms with van der Waals surface area (Å²) in [6, 6.07) is 7.85. The zero-order chi connectivity index (χ0) is 19.4. The third-order valence-electron chi connectivity index (χ3n) is 4.86. The zero-order valence-corrected chi connectivity index (χ0v) is 16.9. The summed E-state index contributed by atoms with van der Waals surface area (Å²) in [4.78, 5) is 0. The maximum absolute atomic E-state index is 6.41. The van der Waals surface area contributed by atoms with Gasteiger partial charge in [0.2, 0.25) is 0 Å². The van der Waals surface area contributed by atoms with E-state index < -0.39 is 0 Å². The molecule has 1 aliphatic rings. The predicted octanol–water partition coefficient (Wildman–Crippen LogP) is 3.60. The minimum atomic E-state index is 0.644. The van der Waals surface area contributed by atoms with E-state index in [1.807, 2.05) is 18.2 Å². The topological polar surface area (TPSA) is 39.9 Å². The molecule has 0 saturated heterocycles. The molecule has 0 aromatic heterocycles. The molecule has 0 bridgehead atoms. The highest BCUT2D eigenvalue weighted by molar-refractivity contribution is 6.31. The van der Waals surface area contributed by atoms with E-state index in [-0.39, 0.29) is 0 Å². The first-order valence-electron chi connectivity index (χ1n) is 8.83. The Kier molecular flexibility index (Phi) is 6.11. The molecule has 0 amide bonds. The second kappa shape index (κ2) is 8.53. The van der Waals surface area contributed by atoms with Crippen LogP contribution < -0.4 is 18.9 Å². The van der Waals surface area contributed by atoms with E-state index in [1.165, 1.54) is 5.56 Å². The summed E-state index contributed by atoms with van der Waals surface area (Å²) in [6.07, 6.45) is 3.96. The molecule has 0 spiro atoms. The molecule has 1 heterocycles. The van der Waals surface area contributed by atoms with Gasteiger partial charge in [-0.05, 0) is 29.3 Å². The number of hydrogen-bond acceptors (Lipinski definition) is 4. The summed E-state index contributed by atoms with van der Waals surface area (Å²) in [5.74, 6) is 2.86. The highest BCUT2D eigenvalue weighted by Crippen LogP contribution is 2.34. The van der Waals surface area contributed by atoms with Crippen LogP contribution in [-0.4, -0.2) is 52.3 Å². The highest BCUT2D eigenvalue weighted by atomic mass is 35.5. The fourth-order valence-corrected chi connectivity index (χ4v) is 3.58. The molecule has 0 saturated carbocycles. The number of nitrogens with zero attached hydrogens (tertiary/aromatic N) is 1. The molecule has 3 rings (SSSR count). The lowest BCUT2D eigenvalue weighted by molar-refractivity contribution is -0.523. The first-order chi connectivity index (χ1) is 13.1. The first-order valence-corrected chi connectivity index (χ1v) is 9.21. The largest absolute Gasteiger partial charge is 0.493 e. The Morgan fingerprint density at radius 3 is 2.11 bits per heavy atom. The Labute approximate surface area is 165 Å². The molecule has 5 nitrogen and oxygen atoms in total. The van der Waals surface area contributed by atoms with Gasteiger partial charge in [-0.25, -0.2) is 4.58 Å². The molecule has 0 atom stereocenters. The number of methoxy groups -OCH3 is 4. The standard InChI is InChI=1S/C21H25ClNO4/c1-24-18-9-14-5-7-23(13-16(14)11-20(18)26-3)8-6-15-10-19(25-2)21(27-4)12-17(15)22/h9-13H,5-8H2,1-4H3/q+1. The second-order valence-corrected chi connectivity index (χ2v) is 6.78. The molecule has 0 N–H and O–H groups in total. The predicted molar refractivity (Wildman–Crippen MR) is 107 cm³/mol. The summed E-state index contributed by atoms with van der Waals surface area (Å²) in [5, 5.41) is 0.691. The average molecular weight is 391 g/mol. The molecule has 1 aliphatic heterocycles. The maximum atomic E-state index is 6.41. The molecular formula is C21H25ClNO4+. The lowest BCUT2D eigenvalue weighted by atomic mass is 10.0. The smallest absolute Gasteiger partial charge is 0.171 e. The monoisotopic (exact) mass is 390 g/mol. The Morgan fingerprint density at radius 2 is 1.44 bits per heavy atom. The van der Waals surface area contributed by atoms with Crippen LogP contribution in [0.25, 0.3) is 0 Å². The van der Waals surface area contributed by atoms with Crippen molar-refractivity contribution in [3.8, 4) is 23.0 Å². The second-order valence-electron chi connectivity index (χ2n) is 6.37. The van der Waals surface area contributed by atoms with Crippen molar-refractivity contribution in [3.63, 3.8) is 0 Å². The Morgan fingerprint density at radius 1 is 0.852 bits per heavy atom. The lowest BCUT2D eigenvalue weighted by Crippen LogP contribution is -2.25. The molecule has 6 heteroatoms. The lowest BCUT2D eigenvalue weighted by Gasteiger charge is -2.16. The first kappa shape index (κ1) is 19.4. The van der Waals surface area contributed by atoms with Crippen LogP contribution >= 0.6 is 11.6 Å². The van der Waals surface area contributed by atoms with Gasteiger partial charge >= 0.3 is 0 Å². The van der Waals surface area contributed by atoms with E-state index in [1.54, 1.807) is 28.4 Å². The van der Waals surface area contributed by atoms with Gasteiger partial charge < -0.3 is 18.9 Å². The molecule has 0 fully saturated rings. The van der Waals surface area contributed by atoms with Gasteiger partial charge in [0.25, 0.3) is 0 Å². The van der Waals surface area contributed by atoms with Crippen molar-refractivity contribution < 1.29 is 23.5 Å². The number of fused-ring (bicyclic) bond motifs is 1. The van der Waals surface area contributed by atoms with Crippen LogP contribution in [0.2, 0.25) is 5.02 Å². The SMILES string of the molecule is COc1cc(Cl)c(CC[N+]2=Cc3cc(OC)c(OC)cc3CC2)cc1OC. The normalized spacial score (nSPS) is 12.9. The van der Waals surface area contributed by atoms with Crippen molar-refractivity contribution >= 4 is 17.8 Å². The summed E-state index contributed by atoms with van der Waals surface area (Å²) in [7, 11) is 6.56. The van der Waals surface area contributed by atoms with Gasteiger partial charge in [-0.2, -0.15) is 0 Å². The van der Waals surface area contributed by atoms with E-state index in [0.717, 1.165) is 48.6 Å². The van der Waals surface area contributed by atoms with Gasteiger partial charge in [0.1, 0.15) is 13.1 Å². The van der Waals surface area contributed by atoms with Crippen LogP contribution in [0.4, 0.5) is 0 Å². The van der Waals surface area contributed by atoms with Gasteiger partial charge in [-0.1, -0.05) is 11.6 Å². The van der Waals surface area contributed by atoms with Crippen LogP contribution in [-0.2, 0) is 12.8 Å². The van der Waals surface area contributed by atoms with Crippen LogP contribution in [0.15, 0.2) is 24.3 Å². The minimum Gasteiger partial charge on any atom is -0.493 e. The molecule has 0 unspecified atom stereocenters. The third-order valence-corrected chi connectivity index (χ3v) is 5.21. The number of rotatable bonds is 7. The van der Waals surface area contributed by atoms with Gasteiger partial charge in [0, 0.05) is 29.5 Å². The average Bonchev–Trinajstić information content (AvgIpc) is 2.71. The Hall–Kier alpha value is -2.40. The fraction of sp³-hybridized carbons (Fsp3) is 0.381. The summed E-state index contributed by atoms with van der Waals surface area (Å²) < 4.78 is 23.8. The van der Waals surface area contributed by atoms with Crippen molar-refractivity contribution in [3.05, 3.63) is 46.0 Å². The van der Waals surface area contributed by atoms with Crippen LogP contribution in [0, 0.1) is 0 Å². The number of halogens is 1. The van der Waals surface area contributed by atoms with E-state index >= 15 is 0 Å². The van der Waals surface area contributed by atoms with Crippen molar-refractivity contribution in [2.45, 2.75) is 12.8 Å². The number of ether oxygens (including phenoxy) is 4. The van der Waals surface area contributed by atoms with Gasteiger partial charge in [0.15, 0.2) is 29.2 Å². The number of benzene rings is 2. The fourth-order valence-electron chi connectivity index (χ4n) is 3.33. The molecule has 2 aromatic rings. The molecular weight excluding hydrogens is 366 g/mol. The van der Waals surface area contributed by atoms with E-state index in [0.29, 0.717) is 16.5 Å². The molecule has 0 radical (unpaired) electrons. The quantitative estimate of drug-likeness (QED) is 0.677. The van der Waals surface area contributed by atoms with Crippen LogP contribution in [0.3, 0.4) is 0 Å². The molecule has 0 aliphatic carbocycles. The number of hydrogen-bond donors (Lipinski definition) is 0. The molecule has 27 heavy (non-hydrogen) atoms. The molecule has 2 aromatic carbocycles. The van der Waals surface area contributed by atoms with E-state index in [4.69, 9.17) is 30.5 Å². The van der Waals surface area contributed by atoms with Crippen molar-refractivity contribution in [2.24, 2.45) is 0 Å². The highest BCUT2D eigenvalue weighted by Gasteiger charge is 2.20. The third kappa shape index (κ3) is 4.14. The van der Waals surface area contributed by atoms with Crippen molar-refractivity contribution in [1.29, 1.82) is 0 Å². The summed E-state index contributed by atoms with van der Waals surface area (Å²) >= 11 is 6.41. The Bertz CT molecular complexity index is 864. The van der Waals surface area contributed by atoms with E-state index in [9.17, 15) is 0 Å². The molecule has 144 valence electrons. The van der Waals surface area contributed by atoms with E-state index in [2.05, 4.69) is 16.9 Å². The zero-order valence-electron chi connectivity index (χ0n) is 16.2. The van der Waals surface area contributed by atoms with Gasteiger partial charge in [-0.15, -0.1) is 0 Å². The van der Waals surface area contributed by atoms with Crippen LogP contribution in [0.1, 0.15) is 16.7 Å². The van der Waals surface area contributed by atoms with Crippen LogP contribution in [0.5, 0.6) is 23.0 Å². The van der Waals surface area contributed by atoms with Crippen molar-refractivity contribution in [1.82, 2.24) is 0 Å². The van der Waals surface area contributed by atoms with Gasteiger partial charge in [-0.3, -0.25) is 0 Å². The van der Waals surface area contributed by atoms with Gasteiger partial charge in [0.05, 0.1) is 28.4 Å². The summed E-state index contributed by atoms with van der Waals surface area (Å²) in [5.41, 5.74) is 3.48. The Balaban J connectivity index is 1.79. The minimum absolute atomic E-state index is 0.644. The van der Waals surface area contributed by atoms with Crippen molar-refractivity contribution in [2.75, 3.05) is 41.5 Å². The summed E-state index contributed by atoms with van der Waals surface area (Å²) in [6.45, 7) is 1.82. The maximum Gasteiger partial charge on any atom is 0.171 e.